The minimum absolute atomic E-state index is 0.437. The Bertz CT molecular complexity index is 223. The standard InChI is InChI=1S/C11H16O2S/c1-4-7-11(8-5-2,10(12)13)14-9-6-3/h4-6H,1-3,7-9H2,(H,12,13). The molecule has 2 nitrogen and oxygen atoms in total. The Morgan fingerprint density at radius 2 is 1.71 bits per heavy atom. The molecule has 0 aromatic carbocycles. The topological polar surface area (TPSA) is 37.3 Å². The molecule has 1 N–H and O–H groups in total. The van der Waals surface area contributed by atoms with E-state index in [0.717, 1.165) is 0 Å². The van der Waals surface area contributed by atoms with Crippen LogP contribution in [-0.4, -0.2) is 21.6 Å². The lowest BCUT2D eigenvalue weighted by Crippen LogP contribution is -2.34. The molecule has 0 amide bonds. The van der Waals surface area contributed by atoms with E-state index < -0.39 is 10.7 Å². The summed E-state index contributed by atoms with van der Waals surface area (Å²) in [4.78, 5) is 11.2. The summed E-state index contributed by atoms with van der Waals surface area (Å²) >= 11 is 1.37. The van der Waals surface area contributed by atoms with Crippen molar-refractivity contribution in [3.8, 4) is 0 Å². The van der Waals surface area contributed by atoms with Crippen molar-refractivity contribution in [1.29, 1.82) is 0 Å². The molecular weight excluding hydrogens is 196 g/mol. The van der Waals surface area contributed by atoms with E-state index in [4.69, 9.17) is 5.11 Å². The van der Waals surface area contributed by atoms with Gasteiger partial charge in [0, 0.05) is 5.75 Å². The lowest BCUT2D eigenvalue weighted by Gasteiger charge is -2.25. The second kappa shape index (κ2) is 6.49. The van der Waals surface area contributed by atoms with Crippen molar-refractivity contribution in [1.82, 2.24) is 0 Å². The molecule has 0 radical (unpaired) electrons. The molecule has 0 aliphatic heterocycles. The van der Waals surface area contributed by atoms with E-state index >= 15 is 0 Å². The van der Waals surface area contributed by atoms with Crippen molar-refractivity contribution >= 4 is 17.7 Å². The summed E-state index contributed by atoms with van der Waals surface area (Å²) in [6.45, 7) is 10.7. The zero-order valence-corrected chi connectivity index (χ0v) is 9.05. The van der Waals surface area contributed by atoms with Gasteiger partial charge in [0.2, 0.25) is 0 Å². The van der Waals surface area contributed by atoms with Gasteiger partial charge < -0.3 is 5.11 Å². The van der Waals surface area contributed by atoms with Crippen LogP contribution in [0.2, 0.25) is 0 Å². The highest BCUT2D eigenvalue weighted by molar-refractivity contribution is 8.01. The molecule has 0 unspecified atom stereocenters. The SMILES string of the molecule is C=CCSC(CC=C)(CC=C)C(=O)O. The highest BCUT2D eigenvalue weighted by atomic mass is 32.2. The molecule has 78 valence electrons. The summed E-state index contributed by atoms with van der Waals surface area (Å²) < 4.78 is -0.822. The van der Waals surface area contributed by atoms with Crippen LogP contribution in [0.4, 0.5) is 0 Å². The maximum absolute atomic E-state index is 11.2. The first-order chi connectivity index (χ1) is 6.63. The van der Waals surface area contributed by atoms with E-state index in [1.54, 1.807) is 18.2 Å². The highest BCUT2D eigenvalue weighted by Gasteiger charge is 2.36. The van der Waals surface area contributed by atoms with Gasteiger partial charge in [0.05, 0.1) is 0 Å². The monoisotopic (exact) mass is 212 g/mol. The number of aliphatic carboxylic acids is 1. The third kappa shape index (κ3) is 3.42. The molecule has 3 heteroatoms. The average molecular weight is 212 g/mol. The molecular formula is C11H16O2S. The Balaban J connectivity index is 4.70. The van der Waals surface area contributed by atoms with E-state index in [1.165, 1.54) is 11.8 Å². The second-order valence-corrected chi connectivity index (χ2v) is 4.29. The Kier molecular flexibility index (Phi) is 6.04. The number of hydrogen-bond acceptors (Lipinski definition) is 2. The normalized spacial score (nSPS) is 10.6. The fourth-order valence-corrected chi connectivity index (χ4v) is 2.15. The number of thioether (sulfide) groups is 1. The maximum Gasteiger partial charge on any atom is 0.320 e. The van der Waals surface area contributed by atoms with E-state index in [1.807, 2.05) is 0 Å². The summed E-state index contributed by atoms with van der Waals surface area (Å²) in [5.74, 6) is -0.197. The number of allylic oxidation sites excluding steroid dienone is 2. The molecule has 0 spiro atoms. The lowest BCUT2D eigenvalue weighted by molar-refractivity contribution is -0.139. The number of rotatable bonds is 8. The first kappa shape index (κ1) is 13.0. The summed E-state index contributed by atoms with van der Waals surface area (Å²) in [5, 5.41) is 9.16. The molecule has 0 aromatic heterocycles. The van der Waals surface area contributed by atoms with Crippen molar-refractivity contribution in [3.05, 3.63) is 38.0 Å². The quantitative estimate of drug-likeness (QED) is 0.629. The minimum Gasteiger partial charge on any atom is -0.480 e. The van der Waals surface area contributed by atoms with Crippen molar-refractivity contribution in [3.63, 3.8) is 0 Å². The van der Waals surface area contributed by atoms with Gasteiger partial charge in [-0.2, -0.15) is 0 Å². The van der Waals surface area contributed by atoms with Gasteiger partial charge >= 0.3 is 5.97 Å². The van der Waals surface area contributed by atoms with Crippen LogP contribution in [0.15, 0.2) is 38.0 Å². The zero-order valence-electron chi connectivity index (χ0n) is 8.24. The third-order valence-corrected chi connectivity index (χ3v) is 3.28. The number of carboxylic acid groups (broad SMARTS) is 1. The van der Waals surface area contributed by atoms with Gasteiger partial charge in [-0.1, -0.05) is 18.2 Å². The molecule has 0 rings (SSSR count). The highest BCUT2D eigenvalue weighted by Crippen LogP contribution is 2.34. The Morgan fingerprint density at radius 1 is 1.21 bits per heavy atom. The smallest absolute Gasteiger partial charge is 0.320 e. The van der Waals surface area contributed by atoms with Crippen molar-refractivity contribution in [2.24, 2.45) is 0 Å². The van der Waals surface area contributed by atoms with Crippen LogP contribution in [0.3, 0.4) is 0 Å². The first-order valence-electron chi connectivity index (χ1n) is 4.33. The largest absolute Gasteiger partial charge is 0.480 e. The minimum atomic E-state index is -0.822. The van der Waals surface area contributed by atoms with Crippen LogP contribution >= 0.6 is 11.8 Å². The summed E-state index contributed by atoms with van der Waals surface area (Å²) in [6.07, 6.45) is 5.84. The van der Waals surface area contributed by atoms with Gasteiger partial charge in [-0.3, -0.25) is 4.79 Å². The van der Waals surface area contributed by atoms with Crippen molar-refractivity contribution < 1.29 is 9.90 Å². The predicted octanol–water partition coefficient (Wildman–Crippen LogP) is 2.88. The fraction of sp³-hybridized carbons (Fsp3) is 0.364. The van der Waals surface area contributed by atoms with Gasteiger partial charge in [0.1, 0.15) is 4.75 Å². The van der Waals surface area contributed by atoms with E-state index in [-0.39, 0.29) is 0 Å². The maximum atomic E-state index is 11.2. The molecule has 0 fully saturated rings. The van der Waals surface area contributed by atoms with Gasteiger partial charge in [0.15, 0.2) is 0 Å². The van der Waals surface area contributed by atoms with Crippen LogP contribution in [0.25, 0.3) is 0 Å². The summed E-state index contributed by atoms with van der Waals surface area (Å²) in [5.41, 5.74) is 0. The van der Waals surface area contributed by atoms with Crippen molar-refractivity contribution in [2.75, 3.05) is 5.75 Å². The lowest BCUT2D eigenvalue weighted by atomic mass is 10.0. The van der Waals surface area contributed by atoms with Crippen LogP contribution in [-0.2, 0) is 4.79 Å². The number of hydrogen-bond donors (Lipinski definition) is 1. The second-order valence-electron chi connectivity index (χ2n) is 2.88. The molecule has 0 aliphatic rings. The molecule has 0 atom stereocenters. The molecule has 0 aliphatic carbocycles. The van der Waals surface area contributed by atoms with Gasteiger partial charge in [0.25, 0.3) is 0 Å². The molecule has 0 saturated carbocycles. The molecule has 14 heavy (non-hydrogen) atoms. The van der Waals surface area contributed by atoms with Gasteiger partial charge in [-0.15, -0.1) is 31.5 Å². The number of carboxylic acids is 1. The first-order valence-corrected chi connectivity index (χ1v) is 5.31. The molecule has 0 aromatic rings. The van der Waals surface area contributed by atoms with Crippen LogP contribution in [0, 0.1) is 0 Å². The molecule has 0 heterocycles. The van der Waals surface area contributed by atoms with Crippen LogP contribution in [0.1, 0.15) is 12.8 Å². The number of carbonyl (C=O) groups is 1. The van der Waals surface area contributed by atoms with E-state index in [0.29, 0.717) is 18.6 Å². The van der Waals surface area contributed by atoms with E-state index in [9.17, 15) is 4.79 Å². The zero-order chi connectivity index (χ0) is 11.0. The predicted molar refractivity (Wildman–Crippen MR) is 62.6 cm³/mol. The fourth-order valence-electron chi connectivity index (χ4n) is 1.12. The Morgan fingerprint density at radius 3 is 2.00 bits per heavy atom. The summed E-state index contributed by atoms with van der Waals surface area (Å²) in [7, 11) is 0. The summed E-state index contributed by atoms with van der Waals surface area (Å²) in [6, 6.07) is 0. The Hall–Kier alpha value is -0.960. The average Bonchev–Trinajstić information content (AvgIpc) is 2.14. The van der Waals surface area contributed by atoms with Gasteiger partial charge in [-0.25, -0.2) is 0 Å². The van der Waals surface area contributed by atoms with Gasteiger partial charge in [-0.05, 0) is 12.8 Å². The van der Waals surface area contributed by atoms with E-state index in [2.05, 4.69) is 19.7 Å². The molecule has 0 saturated heterocycles. The molecule has 0 bridgehead atoms. The van der Waals surface area contributed by atoms with Crippen molar-refractivity contribution in [2.45, 2.75) is 17.6 Å². The third-order valence-electron chi connectivity index (χ3n) is 1.82. The Labute approximate surface area is 89.4 Å². The van der Waals surface area contributed by atoms with Crippen LogP contribution < -0.4 is 0 Å². The van der Waals surface area contributed by atoms with Crippen LogP contribution in [0.5, 0.6) is 0 Å².